The van der Waals surface area contributed by atoms with Crippen molar-refractivity contribution in [3.63, 3.8) is 0 Å². The van der Waals surface area contributed by atoms with Crippen LogP contribution >= 0.6 is 0 Å². The van der Waals surface area contributed by atoms with E-state index in [1.807, 2.05) is 41.5 Å². The topological polar surface area (TPSA) is 52.6 Å². The van der Waals surface area contributed by atoms with Crippen molar-refractivity contribution in [1.82, 2.24) is 0 Å². The Morgan fingerprint density at radius 1 is 0.708 bits per heavy atom. The van der Waals surface area contributed by atoms with Crippen LogP contribution in [0.4, 0.5) is 0 Å². The first-order valence-corrected chi connectivity index (χ1v) is 18.5. The number of allylic oxidation sites excluding steroid dienone is 3. The lowest BCUT2D eigenvalue weighted by atomic mass is 9.77. The van der Waals surface area contributed by atoms with Crippen LogP contribution in [-0.2, 0) is 19.1 Å². The van der Waals surface area contributed by atoms with Gasteiger partial charge in [0.05, 0.1) is 11.8 Å². The molecule has 4 rings (SSSR count). The van der Waals surface area contributed by atoms with Crippen molar-refractivity contribution < 1.29 is 19.1 Å². The van der Waals surface area contributed by atoms with Gasteiger partial charge >= 0.3 is 11.9 Å². The van der Waals surface area contributed by atoms with Crippen molar-refractivity contribution in [2.75, 3.05) is 0 Å². The van der Waals surface area contributed by atoms with E-state index in [0.29, 0.717) is 5.92 Å². The second-order valence-electron chi connectivity index (χ2n) is 16.5. The van der Waals surface area contributed by atoms with Crippen LogP contribution in [0.15, 0.2) is 77.9 Å². The summed E-state index contributed by atoms with van der Waals surface area (Å²) in [6.07, 6.45) is 12.5. The number of ether oxygens (including phenoxy) is 2. The van der Waals surface area contributed by atoms with Gasteiger partial charge in [-0.25, -0.2) is 0 Å². The van der Waals surface area contributed by atoms with E-state index in [1.54, 1.807) is 0 Å². The molecule has 0 aromatic heterocycles. The molecule has 2 aromatic carbocycles. The Bertz CT molecular complexity index is 1350. The Kier molecular flexibility index (Phi) is 14.8. The first kappa shape index (κ1) is 39.3. The standard InChI is InChI=1S/2C22H32O2/c2*1-16(2)20(21(23)24-22(3,4)5)15-18-13-9-10-14-19(18)17-11-7-6-8-12-17/h6-8,11-12,16,20H,9-10,13-15H2,1-5H3;6-8,11-12,15-16,19-20H,9-10,13-14H2,1-5H3/b;18-15+/t20-;19?,20-/m00/s1. The number of rotatable bonds is 9. The Balaban J connectivity index is 0.000000260. The second kappa shape index (κ2) is 18.0. The summed E-state index contributed by atoms with van der Waals surface area (Å²) < 4.78 is 11.3. The molecule has 0 saturated heterocycles. The highest BCUT2D eigenvalue weighted by molar-refractivity contribution is 5.76. The molecule has 3 atom stereocenters. The maximum absolute atomic E-state index is 12.7. The van der Waals surface area contributed by atoms with Crippen LogP contribution in [0.25, 0.3) is 5.57 Å². The average Bonchev–Trinajstić information content (AvgIpc) is 3.02. The van der Waals surface area contributed by atoms with Gasteiger partial charge in [0.25, 0.3) is 0 Å². The van der Waals surface area contributed by atoms with Gasteiger partial charge in [-0.05, 0) is 121 Å². The van der Waals surface area contributed by atoms with Gasteiger partial charge in [0.2, 0.25) is 0 Å². The maximum atomic E-state index is 12.7. The zero-order valence-electron chi connectivity index (χ0n) is 31.7. The minimum Gasteiger partial charge on any atom is -0.460 e. The predicted octanol–water partition coefficient (Wildman–Crippen LogP) is 11.9. The van der Waals surface area contributed by atoms with E-state index in [0.717, 1.165) is 25.7 Å². The van der Waals surface area contributed by atoms with E-state index in [4.69, 9.17) is 9.47 Å². The van der Waals surface area contributed by atoms with Crippen LogP contribution in [0.3, 0.4) is 0 Å². The molecule has 4 nitrogen and oxygen atoms in total. The van der Waals surface area contributed by atoms with Gasteiger partial charge in [0, 0.05) is 5.92 Å². The first-order chi connectivity index (χ1) is 22.6. The fourth-order valence-corrected chi connectivity index (χ4v) is 6.85. The van der Waals surface area contributed by atoms with Gasteiger partial charge in [-0.3, -0.25) is 9.59 Å². The number of carbonyl (C=O) groups excluding carboxylic acids is 2. The number of esters is 2. The fourth-order valence-electron chi connectivity index (χ4n) is 6.85. The summed E-state index contributed by atoms with van der Waals surface area (Å²) in [6, 6.07) is 21.3. The predicted molar refractivity (Wildman–Crippen MR) is 201 cm³/mol. The molecule has 264 valence electrons. The van der Waals surface area contributed by atoms with E-state index in [9.17, 15) is 9.59 Å². The lowest BCUT2D eigenvalue weighted by molar-refractivity contribution is -0.162. The monoisotopic (exact) mass is 656 g/mol. The zero-order chi connectivity index (χ0) is 35.5. The second-order valence-corrected chi connectivity index (χ2v) is 16.5. The summed E-state index contributed by atoms with van der Waals surface area (Å²) in [4.78, 5) is 25.3. The highest BCUT2D eigenvalue weighted by Gasteiger charge is 2.31. The molecule has 0 bridgehead atoms. The minimum absolute atomic E-state index is 0.0528. The fraction of sp³-hybridized carbons (Fsp3) is 0.591. The SMILES string of the molecule is CC(C)[C@H](/C=C1\CCCCC1c1ccccc1)C(=O)OC(C)(C)C.CC(C)[C@H](CC1=C(c2ccccc2)CCCC1)C(=O)OC(C)(C)C. The highest BCUT2D eigenvalue weighted by atomic mass is 16.6. The number of hydrogen-bond acceptors (Lipinski definition) is 4. The van der Waals surface area contributed by atoms with Crippen molar-refractivity contribution in [2.24, 2.45) is 23.7 Å². The first-order valence-electron chi connectivity index (χ1n) is 18.5. The maximum Gasteiger partial charge on any atom is 0.313 e. The molecule has 4 heteroatoms. The molecule has 2 aliphatic carbocycles. The van der Waals surface area contributed by atoms with Gasteiger partial charge in [-0.1, -0.05) is 112 Å². The largest absolute Gasteiger partial charge is 0.460 e. The van der Waals surface area contributed by atoms with E-state index >= 15 is 0 Å². The molecule has 0 radical (unpaired) electrons. The molecule has 0 spiro atoms. The summed E-state index contributed by atoms with van der Waals surface area (Å²) >= 11 is 0. The molecule has 1 fully saturated rings. The summed E-state index contributed by atoms with van der Waals surface area (Å²) in [7, 11) is 0. The number of carbonyl (C=O) groups is 2. The van der Waals surface area contributed by atoms with Crippen LogP contribution < -0.4 is 0 Å². The Labute approximate surface area is 292 Å². The molecule has 0 amide bonds. The van der Waals surface area contributed by atoms with Crippen LogP contribution in [-0.4, -0.2) is 23.1 Å². The van der Waals surface area contributed by atoms with Crippen molar-refractivity contribution in [2.45, 2.75) is 144 Å². The third-order valence-electron chi connectivity index (χ3n) is 9.33. The summed E-state index contributed by atoms with van der Waals surface area (Å²) in [5.41, 5.74) is 6.15. The molecular formula is C44H64O4. The van der Waals surface area contributed by atoms with Gasteiger partial charge < -0.3 is 9.47 Å². The molecule has 1 unspecified atom stereocenters. The highest BCUT2D eigenvalue weighted by Crippen LogP contribution is 2.39. The van der Waals surface area contributed by atoms with E-state index < -0.39 is 11.2 Å². The molecule has 0 heterocycles. The van der Waals surface area contributed by atoms with Crippen LogP contribution in [0.1, 0.15) is 144 Å². The van der Waals surface area contributed by atoms with Gasteiger partial charge in [0.15, 0.2) is 0 Å². The van der Waals surface area contributed by atoms with Crippen LogP contribution in [0, 0.1) is 23.7 Å². The summed E-state index contributed by atoms with van der Waals surface area (Å²) in [5.74, 6) is 0.602. The third kappa shape index (κ3) is 12.7. The minimum atomic E-state index is -0.436. The zero-order valence-corrected chi connectivity index (χ0v) is 31.7. The molecular weight excluding hydrogens is 592 g/mol. The van der Waals surface area contributed by atoms with Gasteiger partial charge in [0.1, 0.15) is 11.2 Å². The van der Waals surface area contributed by atoms with Crippen molar-refractivity contribution in [1.29, 1.82) is 0 Å². The Morgan fingerprint density at radius 2 is 1.25 bits per heavy atom. The van der Waals surface area contributed by atoms with Crippen molar-refractivity contribution in [3.8, 4) is 0 Å². The lowest BCUT2D eigenvalue weighted by Gasteiger charge is -2.29. The summed E-state index contributed by atoms with van der Waals surface area (Å²) in [6.45, 7) is 20.1. The molecule has 2 aromatic rings. The molecule has 1 saturated carbocycles. The van der Waals surface area contributed by atoms with Gasteiger partial charge in [-0.15, -0.1) is 0 Å². The Hall–Kier alpha value is -3.14. The van der Waals surface area contributed by atoms with Gasteiger partial charge in [-0.2, -0.15) is 0 Å². The average molecular weight is 657 g/mol. The number of hydrogen-bond donors (Lipinski definition) is 0. The van der Waals surface area contributed by atoms with Crippen LogP contribution in [0.2, 0.25) is 0 Å². The Morgan fingerprint density at radius 3 is 1.81 bits per heavy atom. The molecule has 0 N–H and O–H groups in total. The molecule has 48 heavy (non-hydrogen) atoms. The van der Waals surface area contributed by atoms with E-state index in [-0.39, 0.29) is 35.6 Å². The van der Waals surface area contributed by atoms with Crippen molar-refractivity contribution >= 4 is 17.5 Å². The van der Waals surface area contributed by atoms with Crippen molar-refractivity contribution in [3.05, 3.63) is 89.0 Å². The van der Waals surface area contributed by atoms with E-state index in [1.165, 1.54) is 60.0 Å². The van der Waals surface area contributed by atoms with E-state index in [2.05, 4.69) is 94.4 Å². The number of benzene rings is 2. The normalized spacial score (nSPS) is 19.4. The molecule has 0 aliphatic heterocycles. The quantitative estimate of drug-likeness (QED) is 0.199. The smallest absolute Gasteiger partial charge is 0.313 e. The molecule has 2 aliphatic rings. The third-order valence-corrected chi connectivity index (χ3v) is 9.33. The summed E-state index contributed by atoms with van der Waals surface area (Å²) in [5, 5.41) is 0. The van der Waals surface area contributed by atoms with Crippen LogP contribution in [0.5, 0.6) is 0 Å². The lowest BCUT2D eigenvalue weighted by Crippen LogP contribution is -2.31.